The Morgan fingerprint density at radius 1 is 1.25 bits per heavy atom. The highest BCUT2D eigenvalue weighted by Crippen LogP contribution is 2.17. The number of halogens is 1. The van der Waals surface area contributed by atoms with Crippen molar-refractivity contribution in [3.8, 4) is 0 Å². The van der Waals surface area contributed by atoms with Crippen molar-refractivity contribution in [3.63, 3.8) is 0 Å². The number of amides is 1. The van der Waals surface area contributed by atoms with Gasteiger partial charge in [0.15, 0.2) is 10.4 Å². The largest absolute Gasteiger partial charge is 0.444 e. The van der Waals surface area contributed by atoms with Gasteiger partial charge in [0.05, 0.1) is 0 Å². The van der Waals surface area contributed by atoms with Crippen LogP contribution in [0.3, 0.4) is 0 Å². The molecule has 1 fully saturated rings. The van der Waals surface area contributed by atoms with Crippen LogP contribution in [-0.2, 0) is 10.2 Å². The molecule has 2 heterocycles. The van der Waals surface area contributed by atoms with Crippen LogP contribution in [0, 0.1) is 0 Å². The lowest BCUT2D eigenvalue weighted by Crippen LogP contribution is -2.53. The van der Waals surface area contributed by atoms with Gasteiger partial charge in [-0.15, -0.1) is 0 Å². The molecule has 0 radical (unpaired) electrons. The van der Waals surface area contributed by atoms with Crippen molar-refractivity contribution in [2.24, 2.45) is 0 Å². The summed E-state index contributed by atoms with van der Waals surface area (Å²) in [6, 6.07) is 3.25. The Balaban J connectivity index is 2.00. The lowest BCUT2D eigenvalue weighted by Gasteiger charge is -2.34. The Labute approximate surface area is 126 Å². The predicted molar refractivity (Wildman–Crippen MR) is 76.5 cm³/mol. The van der Waals surface area contributed by atoms with Crippen LogP contribution >= 0.6 is 15.9 Å². The molecule has 0 saturated carbocycles. The topological polar surface area (TPSA) is 74.1 Å². The molecule has 0 atom stereocenters. The molecule has 0 unspecified atom stereocenters. The Kier molecular flexibility index (Phi) is 4.52. The number of nitrogens with zero attached hydrogens (tertiary/aromatic N) is 3. The number of furan rings is 1. The van der Waals surface area contributed by atoms with Crippen molar-refractivity contribution >= 4 is 32.0 Å². The maximum atomic E-state index is 12.1. The van der Waals surface area contributed by atoms with Gasteiger partial charge in [-0.05, 0) is 28.1 Å². The summed E-state index contributed by atoms with van der Waals surface area (Å²) in [6.07, 6.45) is 0. The van der Waals surface area contributed by atoms with E-state index in [9.17, 15) is 13.2 Å². The summed E-state index contributed by atoms with van der Waals surface area (Å²) in [7, 11) is -0.425. The normalized spacial score (nSPS) is 17.7. The fourth-order valence-electron chi connectivity index (χ4n) is 1.94. The van der Waals surface area contributed by atoms with Crippen LogP contribution < -0.4 is 0 Å². The van der Waals surface area contributed by atoms with E-state index in [-0.39, 0.29) is 24.8 Å². The molecule has 0 bridgehead atoms. The van der Waals surface area contributed by atoms with Crippen LogP contribution in [0.2, 0.25) is 0 Å². The number of carbonyl (C=O) groups excluding carboxylic acids is 1. The third kappa shape index (κ3) is 3.05. The Morgan fingerprint density at radius 2 is 1.85 bits per heavy atom. The molecular formula is C11H16BrN3O4S. The molecule has 0 aliphatic carbocycles. The first-order valence-corrected chi connectivity index (χ1v) is 8.23. The maximum Gasteiger partial charge on any atom is 0.289 e. The molecule has 20 heavy (non-hydrogen) atoms. The third-order valence-electron chi connectivity index (χ3n) is 3.10. The van der Waals surface area contributed by atoms with Crippen molar-refractivity contribution in [2.45, 2.75) is 0 Å². The summed E-state index contributed by atoms with van der Waals surface area (Å²) >= 11 is 3.15. The minimum atomic E-state index is -3.41. The Hall–Kier alpha value is -0.900. The molecule has 0 spiro atoms. The zero-order chi connectivity index (χ0) is 14.9. The smallest absolute Gasteiger partial charge is 0.289 e. The summed E-state index contributed by atoms with van der Waals surface area (Å²) in [5.74, 6) is 0.0263. The average molecular weight is 366 g/mol. The standard InChI is InChI=1S/C11H16BrN3O4S/c1-13(2)20(17,18)15-7-5-14(6-8-15)11(16)9-3-4-10(12)19-9/h3-4H,5-8H2,1-2H3. The van der Waals surface area contributed by atoms with Crippen LogP contribution in [-0.4, -0.2) is 68.1 Å². The Morgan fingerprint density at radius 3 is 2.30 bits per heavy atom. The number of rotatable bonds is 3. The highest BCUT2D eigenvalue weighted by Gasteiger charge is 2.31. The SMILES string of the molecule is CN(C)S(=O)(=O)N1CCN(C(=O)c2ccc(Br)o2)CC1. The fraction of sp³-hybridized carbons (Fsp3) is 0.545. The van der Waals surface area contributed by atoms with Gasteiger partial charge in [-0.1, -0.05) is 0 Å². The first-order valence-electron chi connectivity index (χ1n) is 6.04. The first kappa shape index (κ1) is 15.5. The zero-order valence-electron chi connectivity index (χ0n) is 11.2. The first-order chi connectivity index (χ1) is 9.32. The number of hydrogen-bond acceptors (Lipinski definition) is 4. The van der Waals surface area contributed by atoms with Crippen molar-refractivity contribution < 1.29 is 17.6 Å². The number of carbonyl (C=O) groups is 1. The molecule has 7 nitrogen and oxygen atoms in total. The van der Waals surface area contributed by atoms with E-state index in [4.69, 9.17) is 4.42 Å². The van der Waals surface area contributed by atoms with E-state index in [0.29, 0.717) is 17.8 Å². The summed E-state index contributed by atoms with van der Waals surface area (Å²) < 4.78 is 32.2. The summed E-state index contributed by atoms with van der Waals surface area (Å²) in [4.78, 5) is 13.7. The quantitative estimate of drug-likeness (QED) is 0.786. The van der Waals surface area contributed by atoms with E-state index < -0.39 is 10.2 Å². The van der Waals surface area contributed by atoms with Crippen LogP contribution in [0.15, 0.2) is 21.2 Å². The third-order valence-corrected chi connectivity index (χ3v) is 5.46. The minimum Gasteiger partial charge on any atom is -0.444 e. The van der Waals surface area contributed by atoms with Gasteiger partial charge < -0.3 is 9.32 Å². The predicted octanol–water partition coefficient (Wildman–Crippen LogP) is 0.606. The maximum absolute atomic E-state index is 12.1. The van der Waals surface area contributed by atoms with Crippen LogP contribution in [0.25, 0.3) is 0 Å². The van der Waals surface area contributed by atoms with Gasteiger partial charge in [0.1, 0.15) is 0 Å². The summed E-state index contributed by atoms with van der Waals surface area (Å²) in [5.41, 5.74) is 0. The van der Waals surface area contributed by atoms with Gasteiger partial charge in [-0.2, -0.15) is 17.0 Å². The van der Waals surface area contributed by atoms with Crippen LogP contribution in [0.1, 0.15) is 10.6 Å². The second kappa shape index (κ2) is 5.84. The van der Waals surface area contributed by atoms with E-state index in [1.54, 1.807) is 17.0 Å². The monoisotopic (exact) mass is 365 g/mol. The van der Waals surface area contributed by atoms with E-state index >= 15 is 0 Å². The molecule has 1 saturated heterocycles. The molecule has 1 amide bonds. The van der Waals surface area contributed by atoms with E-state index in [1.165, 1.54) is 22.7 Å². The zero-order valence-corrected chi connectivity index (χ0v) is 13.6. The lowest BCUT2D eigenvalue weighted by molar-refractivity contribution is 0.0662. The summed E-state index contributed by atoms with van der Waals surface area (Å²) in [5, 5.41) is 0. The van der Waals surface area contributed by atoms with Crippen molar-refractivity contribution in [1.82, 2.24) is 13.5 Å². The molecule has 0 aromatic carbocycles. The fourth-order valence-corrected chi connectivity index (χ4v) is 3.33. The molecule has 112 valence electrons. The van der Waals surface area contributed by atoms with Gasteiger partial charge in [0, 0.05) is 40.3 Å². The van der Waals surface area contributed by atoms with E-state index in [2.05, 4.69) is 15.9 Å². The average Bonchev–Trinajstić information content (AvgIpc) is 2.84. The molecule has 1 aromatic heterocycles. The van der Waals surface area contributed by atoms with Crippen molar-refractivity contribution in [3.05, 3.63) is 22.6 Å². The van der Waals surface area contributed by atoms with Crippen LogP contribution in [0.5, 0.6) is 0 Å². The molecule has 9 heteroatoms. The highest BCUT2D eigenvalue weighted by atomic mass is 79.9. The second-order valence-electron chi connectivity index (χ2n) is 4.59. The van der Waals surface area contributed by atoms with Gasteiger partial charge in [-0.3, -0.25) is 4.79 Å². The molecular weight excluding hydrogens is 350 g/mol. The van der Waals surface area contributed by atoms with Gasteiger partial charge >= 0.3 is 0 Å². The summed E-state index contributed by atoms with van der Waals surface area (Å²) in [6.45, 7) is 1.27. The van der Waals surface area contributed by atoms with Gasteiger partial charge in [0.25, 0.3) is 16.1 Å². The van der Waals surface area contributed by atoms with Crippen LogP contribution in [0.4, 0.5) is 0 Å². The minimum absolute atomic E-state index is 0.224. The number of hydrogen-bond donors (Lipinski definition) is 0. The van der Waals surface area contributed by atoms with E-state index in [1.807, 2.05) is 0 Å². The Bertz CT molecular complexity index is 591. The number of piperazine rings is 1. The second-order valence-corrected chi connectivity index (χ2v) is 7.51. The molecule has 2 rings (SSSR count). The van der Waals surface area contributed by atoms with E-state index in [0.717, 1.165) is 0 Å². The van der Waals surface area contributed by atoms with Gasteiger partial charge in [0.2, 0.25) is 0 Å². The lowest BCUT2D eigenvalue weighted by atomic mass is 10.3. The molecule has 1 aliphatic rings. The highest BCUT2D eigenvalue weighted by molar-refractivity contribution is 9.10. The molecule has 0 N–H and O–H groups in total. The molecule has 1 aliphatic heterocycles. The van der Waals surface area contributed by atoms with Gasteiger partial charge in [-0.25, -0.2) is 0 Å². The van der Waals surface area contributed by atoms with Crippen molar-refractivity contribution in [2.75, 3.05) is 40.3 Å². The van der Waals surface area contributed by atoms with Crippen molar-refractivity contribution in [1.29, 1.82) is 0 Å². The molecule has 1 aromatic rings.